The van der Waals surface area contributed by atoms with E-state index in [0.29, 0.717) is 5.92 Å². The average molecular weight is 81.1 g/mol. The topological polar surface area (TPSA) is 26.0 Å². The second kappa shape index (κ2) is 1.32. The van der Waals surface area contributed by atoms with Crippen molar-refractivity contribution in [1.82, 2.24) is 0 Å². The Bertz CT molecular complexity index is 88.2. The molecule has 0 fully saturated rings. The quantitative estimate of drug-likeness (QED) is 0.464. The molecule has 0 saturated carbocycles. The highest BCUT2D eigenvalue weighted by molar-refractivity contribution is 5.29. The van der Waals surface area contributed by atoms with Crippen LogP contribution in [0.15, 0.2) is 0 Å². The van der Waals surface area contributed by atoms with E-state index in [0.717, 1.165) is 13.0 Å². The van der Waals surface area contributed by atoms with Crippen molar-refractivity contribution in [2.75, 3.05) is 6.54 Å². The molecule has 1 nitrogen and oxygen atoms in total. The monoisotopic (exact) mass is 81.1 g/mol. The van der Waals surface area contributed by atoms with Crippen molar-refractivity contribution in [3.05, 3.63) is 0 Å². The minimum absolute atomic E-state index is 0.523. The molecule has 0 atom stereocenters. The third kappa shape index (κ3) is 0.734. The zero-order valence-corrected chi connectivity index (χ0v) is 3.57. The van der Waals surface area contributed by atoms with Crippen LogP contribution in [-0.4, -0.2) is 6.54 Å². The molecule has 0 heterocycles. The van der Waals surface area contributed by atoms with Crippen LogP contribution in [0.25, 0.3) is 0 Å². The highest BCUT2D eigenvalue weighted by Crippen LogP contribution is 2.06. The lowest BCUT2D eigenvalue weighted by Crippen LogP contribution is -1.99. The molecule has 0 bridgehead atoms. The summed E-state index contributed by atoms with van der Waals surface area (Å²) in [5.74, 6) is 6.33. The first-order valence-electron chi connectivity index (χ1n) is 2.14. The summed E-state index contributed by atoms with van der Waals surface area (Å²) in [6.45, 7) is 0.769. The molecule has 2 N–H and O–H groups in total. The van der Waals surface area contributed by atoms with Crippen LogP contribution in [0.3, 0.4) is 0 Å². The van der Waals surface area contributed by atoms with E-state index in [1.54, 1.807) is 0 Å². The van der Waals surface area contributed by atoms with E-state index in [9.17, 15) is 0 Å². The smallest absolute Gasteiger partial charge is 0.0824 e. The van der Waals surface area contributed by atoms with Crippen molar-refractivity contribution in [1.29, 1.82) is 0 Å². The molecule has 0 unspecified atom stereocenters. The molecule has 1 aliphatic carbocycles. The molecule has 0 saturated heterocycles. The van der Waals surface area contributed by atoms with Crippen molar-refractivity contribution in [3.8, 4) is 11.8 Å². The minimum atomic E-state index is 0.523. The zero-order valence-electron chi connectivity index (χ0n) is 3.57. The van der Waals surface area contributed by atoms with Gasteiger partial charge in [0.05, 0.1) is 5.92 Å². The minimum Gasteiger partial charge on any atom is -0.330 e. The fourth-order valence-corrected chi connectivity index (χ4v) is 0.370. The average Bonchev–Trinajstić information content (AvgIpc) is 2.21. The molecule has 0 aromatic carbocycles. The molecule has 1 rings (SSSR count). The number of hydrogen-bond donors (Lipinski definition) is 1. The van der Waals surface area contributed by atoms with Gasteiger partial charge in [-0.3, -0.25) is 0 Å². The van der Waals surface area contributed by atoms with Crippen LogP contribution in [0.4, 0.5) is 0 Å². The van der Waals surface area contributed by atoms with Crippen LogP contribution in [-0.2, 0) is 0 Å². The standard InChI is InChI=1S/C5H7N/c6-4-3-5-1-2-5/h5H,3-4,6H2. The highest BCUT2D eigenvalue weighted by Gasteiger charge is 2.05. The molecule has 1 heteroatoms. The maximum Gasteiger partial charge on any atom is 0.0824 e. The summed E-state index contributed by atoms with van der Waals surface area (Å²) in [5.41, 5.74) is 5.19. The van der Waals surface area contributed by atoms with Crippen molar-refractivity contribution >= 4 is 0 Å². The van der Waals surface area contributed by atoms with Crippen molar-refractivity contribution in [2.24, 2.45) is 11.7 Å². The first-order chi connectivity index (χ1) is 2.93. The van der Waals surface area contributed by atoms with Gasteiger partial charge in [0.15, 0.2) is 0 Å². The van der Waals surface area contributed by atoms with E-state index >= 15 is 0 Å². The van der Waals surface area contributed by atoms with Gasteiger partial charge in [0.2, 0.25) is 0 Å². The third-order valence-corrected chi connectivity index (χ3v) is 0.804. The summed E-state index contributed by atoms with van der Waals surface area (Å²) >= 11 is 0. The maximum atomic E-state index is 5.19. The molecule has 0 aromatic rings. The Morgan fingerprint density at radius 2 is 2.17 bits per heavy atom. The summed E-state index contributed by atoms with van der Waals surface area (Å²) < 4.78 is 0. The van der Waals surface area contributed by atoms with E-state index in [1.165, 1.54) is 0 Å². The molecule has 6 heavy (non-hydrogen) atoms. The molecule has 0 aliphatic heterocycles. The van der Waals surface area contributed by atoms with E-state index in [-0.39, 0.29) is 0 Å². The van der Waals surface area contributed by atoms with Crippen LogP contribution in [0.5, 0.6) is 0 Å². The van der Waals surface area contributed by atoms with E-state index < -0.39 is 0 Å². The van der Waals surface area contributed by atoms with Gasteiger partial charge < -0.3 is 5.73 Å². The highest BCUT2D eigenvalue weighted by atomic mass is 14.5. The maximum absolute atomic E-state index is 5.19. The third-order valence-electron chi connectivity index (χ3n) is 0.804. The Kier molecular flexibility index (Phi) is 0.813. The Labute approximate surface area is 37.5 Å². The summed E-state index contributed by atoms with van der Waals surface area (Å²) in [7, 11) is 0. The zero-order chi connectivity index (χ0) is 4.41. The van der Waals surface area contributed by atoms with Gasteiger partial charge in [-0.05, 0) is 13.0 Å². The Balaban J connectivity index is 1.91. The summed E-state index contributed by atoms with van der Waals surface area (Å²) in [6, 6.07) is 0. The van der Waals surface area contributed by atoms with Gasteiger partial charge in [-0.1, -0.05) is 11.8 Å². The van der Waals surface area contributed by atoms with Gasteiger partial charge in [0.25, 0.3) is 0 Å². The lowest BCUT2D eigenvalue weighted by atomic mass is 10.2. The Morgan fingerprint density at radius 3 is 2.33 bits per heavy atom. The lowest BCUT2D eigenvalue weighted by Gasteiger charge is -1.83. The summed E-state index contributed by atoms with van der Waals surface area (Å²) in [4.78, 5) is 0. The van der Waals surface area contributed by atoms with E-state index in [2.05, 4.69) is 11.8 Å². The summed E-state index contributed by atoms with van der Waals surface area (Å²) in [5, 5.41) is 0. The molecule has 0 spiro atoms. The van der Waals surface area contributed by atoms with Gasteiger partial charge in [-0.15, -0.1) is 0 Å². The van der Waals surface area contributed by atoms with Crippen molar-refractivity contribution in [3.63, 3.8) is 0 Å². The summed E-state index contributed by atoms with van der Waals surface area (Å²) in [6.07, 6.45) is 1.04. The predicted octanol–water partition coefficient (Wildman–Crippen LogP) is -0.0316. The molecule has 32 valence electrons. The fraction of sp³-hybridized carbons (Fsp3) is 0.600. The van der Waals surface area contributed by atoms with E-state index in [1.807, 2.05) is 0 Å². The first-order valence-corrected chi connectivity index (χ1v) is 2.14. The van der Waals surface area contributed by atoms with Gasteiger partial charge in [-0.25, -0.2) is 0 Å². The van der Waals surface area contributed by atoms with Crippen molar-refractivity contribution in [2.45, 2.75) is 6.42 Å². The SMILES string of the molecule is NCCC1C#C1. The molecule has 0 aromatic heterocycles. The molecule has 1 aliphatic rings. The number of rotatable bonds is 2. The molecule has 0 radical (unpaired) electrons. The van der Waals surface area contributed by atoms with Gasteiger partial charge in [0.1, 0.15) is 0 Å². The van der Waals surface area contributed by atoms with Crippen LogP contribution in [0.1, 0.15) is 6.42 Å². The van der Waals surface area contributed by atoms with Crippen LogP contribution in [0, 0.1) is 17.8 Å². The van der Waals surface area contributed by atoms with Gasteiger partial charge in [0, 0.05) is 0 Å². The second-order valence-corrected chi connectivity index (χ2v) is 1.42. The Hall–Kier alpha value is -0.480. The molecular weight excluding hydrogens is 74.1 g/mol. The largest absolute Gasteiger partial charge is 0.330 e. The Morgan fingerprint density at radius 1 is 1.50 bits per heavy atom. The van der Waals surface area contributed by atoms with Crippen LogP contribution >= 0.6 is 0 Å². The predicted molar refractivity (Wildman–Crippen MR) is 24.9 cm³/mol. The van der Waals surface area contributed by atoms with Gasteiger partial charge in [-0.2, -0.15) is 0 Å². The molecule has 0 amide bonds. The van der Waals surface area contributed by atoms with Gasteiger partial charge >= 0.3 is 0 Å². The molecular formula is C5H7N. The van der Waals surface area contributed by atoms with Crippen LogP contribution < -0.4 is 5.73 Å². The van der Waals surface area contributed by atoms with Crippen LogP contribution in [0.2, 0.25) is 0 Å². The van der Waals surface area contributed by atoms with Crippen molar-refractivity contribution < 1.29 is 0 Å². The number of hydrogen-bond acceptors (Lipinski definition) is 1. The lowest BCUT2D eigenvalue weighted by molar-refractivity contribution is 0.799. The second-order valence-electron chi connectivity index (χ2n) is 1.42. The fourth-order valence-electron chi connectivity index (χ4n) is 0.370. The normalized spacial score (nSPS) is 16.2. The number of nitrogens with two attached hydrogens (primary N) is 1. The van der Waals surface area contributed by atoms with E-state index in [4.69, 9.17) is 5.73 Å². The first kappa shape index (κ1) is 3.70.